The van der Waals surface area contributed by atoms with Crippen molar-refractivity contribution in [3.05, 3.63) is 78.9 Å². The number of fused-ring (bicyclic) bond motifs is 1. The molecule has 4 aromatic carbocycles. The van der Waals surface area contributed by atoms with Gasteiger partial charge in [-0.05, 0) is 112 Å². The molecule has 0 amide bonds. The predicted octanol–water partition coefficient (Wildman–Crippen LogP) is 16.5. The minimum Gasteiger partial charge on any atom is -0.504 e. The Labute approximate surface area is 416 Å². The highest BCUT2D eigenvalue weighted by atomic mass is 32.2. The molecule has 0 aliphatic rings. The zero-order valence-electron chi connectivity index (χ0n) is 42.4. The smallest absolute Gasteiger partial charge is 0.298 e. The third-order valence-corrected chi connectivity index (χ3v) is 13.3. The Balaban J connectivity index is 0.000000404. The van der Waals surface area contributed by atoms with E-state index in [1.165, 1.54) is 186 Å². The molecule has 386 valence electrons. The summed E-state index contributed by atoms with van der Waals surface area (Å²) in [4.78, 5) is -1.41. The van der Waals surface area contributed by atoms with E-state index in [1.54, 1.807) is 36.4 Å². The minimum atomic E-state index is -4.90. The number of azo groups is 2. The lowest BCUT2D eigenvalue weighted by atomic mass is 10.1. The van der Waals surface area contributed by atoms with Gasteiger partial charge in [0.15, 0.2) is 5.75 Å². The largest absolute Gasteiger partial charge is 0.504 e. The Morgan fingerprint density at radius 1 is 0.420 bits per heavy atom. The molecule has 0 aromatic heterocycles. The molecule has 0 unspecified atom stereocenters. The third kappa shape index (κ3) is 28.4. The van der Waals surface area contributed by atoms with Crippen LogP contribution in [0.3, 0.4) is 0 Å². The van der Waals surface area contributed by atoms with Gasteiger partial charge in [-0.1, -0.05) is 180 Å². The summed E-state index contributed by atoms with van der Waals surface area (Å²) in [6.07, 6.45) is 33.8. The molecule has 0 fully saturated rings. The van der Waals surface area contributed by atoms with Crippen LogP contribution in [0.1, 0.15) is 182 Å². The van der Waals surface area contributed by atoms with Crippen molar-refractivity contribution in [2.24, 2.45) is 20.5 Å². The van der Waals surface area contributed by atoms with Gasteiger partial charge in [-0.3, -0.25) is 9.11 Å². The number of aromatic hydroxyl groups is 1. The third-order valence-electron chi connectivity index (χ3n) is 11.6. The number of rotatable bonds is 34. The molecule has 5 N–H and O–H groups in total. The van der Waals surface area contributed by atoms with Crippen molar-refractivity contribution < 1.29 is 31.0 Å². The lowest BCUT2D eigenvalue weighted by Crippen LogP contribution is -2.16. The fraction of sp³-hybridized carbons (Fsp3) is 0.593. The van der Waals surface area contributed by atoms with E-state index in [4.69, 9.17) is 0 Å². The second-order valence-corrected chi connectivity index (χ2v) is 20.5. The van der Waals surface area contributed by atoms with Crippen LogP contribution in [0.15, 0.2) is 109 Å². The summed E-state index contributed by atoms with van der Waals surface area (Å²) in [6, 6.07) is 19.6. The maximum atomic E-state index is 11.7. The van der Waals surface area contributed by atoms with E-state index >= 15 is 0 Å². The van der Waals surface area contributed by atoms with Crippen molar-refractivity contribution in [2.45, 2.75) is 192 Å². The summed E-state index contributed by atoms with van der Waals surface area (Å²) in [5.74, 6) is -0.878. The highest BCUT2D eigenvalue weighted by Gasteiger charge is 2.23. The van der Waals surface area contributed by atoms with Gasteiger partial charge in [-0.2, -0.15) is 32.2 Å². The monoisotopic (exact) mass is 995 g/mol. The Hall–Kier alpha value is -4.12. The van der Waals surface area contributed by atoms with Crippen LogP contribution in [0.25, 0.3) is 10.8 Å². The fourth-order valence-corrected chi connectivity index (χ4v) is 8.60. The number of phenols is 1. The van der Waals surface area contributed by atoms with E-state index in [0.29, 0.717) is 17.1 Å². The van der Waals surface area contributed by atoms with E-state index in [0.717, 1.165) is 18.2 Å². The lowest BCUT2D eigenvalue weighted by Gasteiger charge is -2.09. The first kappa shape index (κ1) is 61.0. The van der Waals surface area contributed by atoms with Crippen molar-refractivity contribution in [3.8, 4) is 5.75 Å². The lowest BCUT2D eigenvalue weighted by molar-refractivity contribution is 0.445. The van der Waals surface area contributed by atoms with Crippen LogP contribution >= 0.6 is 0 Å². The number of hydrogen-bond donors (Lipinski definition) is 5. The number of phenolic OH excluding ortho intramolecular Hbond substituents is 1. The number of nitrogens with one attached hydrogen (secondary N) is 2. The second kappa shape index (κ2) is 37.7. The average Bonchev–Trinajstić information content (AvgIpc) is 3.33. The van der Waals surface area contributed by atoms with Gasteiger partial charge in [0.05, 0.1) is 22.0 Å². The Bertz CT molecular complexity index is 2170. The highest BCUT2D eigenvalue weighted by Crippen LogP contribution is 2.42. The summed E-state index contributed by atoms with van der Waals surface area (Å²) < 4.78 is 65.2. The first-order chi connectivity index (χ1) is 33.3. The normalized spacial score (nSPS) is 11.8. The van der Waals surface area contributed by atoms with E-state index in [9.17, 15) is 31.0 Å². The topological polar surface area (TPSA) is 202 Å². The molecule has 0 aliphatic heterocycles. The molecular weight excluding hydrogens is 909 g/mol. The van der Waals surface area contributed by atoms with Crippen LogP contribution in [-0.2, 0) is 20.2 Å². The zero-order chi connectivity index (χ0) is 50.4. The SMILES string of the molecule is CCCCCCCCNCCCCCCCC.CCCCCCCCNCCCCCCCC.O=S(=O)(O)c1ccc2c(N=Nc3ccc(N=Nc4ccccc4)cc3)c(O)c(S(=O)(=O)O)cc2c1. The van der Waals surface area contributed by atoms with Gasteiger partial charge in [0.25, 0.3) is 20.2 Å². The molecule has 69 heavy (non-hydrogen) atoms. The minimum absolute atomic E-state index is 0.0313. The molecule has 0 bridgehead atoms. The molecule has 0 aliphatic carbocycles. The fourth-order valence-electron chi connectivity index (χ4n) is 7.46. The van der Waals surface area contributed by atoms with Crippen LogP contribution in [-0.4, -0.2) is 57.2 Å². The molecule has 4 rings (SSSR count). The molecule has 0 saturated heterocycles. The summed E-state index contributed by atoms with van der Waals surface area (Å²) >= 11 is 0. The van der Waals surface area contributed by atoms with Crippen LogP contribution in [0, 0.1) is 0 Å². The summed E-state index contributed by atoms with van der Waals surface area (Å²) in [5, 5.41) is 33.8. The van der Waals surface area contributed by atoms with Gasteiger partial charge < -0.3 is 15.7 Å². The maximum absolute atomic E-state index is 11.7. The molecule has 0 heterocycles. The molecule has 13 nitrogen and oxygen atoms in total. The molecular formula is C54H86N6O7S2. The Morgan fingerprint density at radius 2 is 0.783 bits per heavy atom. The second-order valence-electron chi connectivity index (χ2n) is 17.7. The van der Waals surface area contributed by atoms with Gasteiger partial charge in [0.1, 0.15) is 10.6 Å². The summed E-state index contributed by atoms with van der Waals surface area (Å²) in [7, 11) is -9.49. The first-order valence-electron chi connectivity index (χ1n) is 26.0. The Morgan fingerprint density at radius 3 is 1.16 bits per heavy atom. The van der Waals surface area contributed by atoms with Gasteiger partial charge in [0.2, 0.25) is 0 Å². The maximum Gasteiger partial charge on any atom is 0.298 e. The van der Waals surface area contributed by atoms with E-state index in [2.05, 4.69) is 58.8 Å². The first-order valence-corrected chi connectivity index (χ1v) is 28.9. The summed E-state index contributed by atoms with van der Waals surface area (Å²) in [6.45, 7) is 14.1. The number of benzene rings is 4. The van der Waals surface area contributed by atoms with Crippen LogP contribution in [0.5, 0.6) is 5.75 Å². The molecule has 0 saturated carbocycles. The molecule has 4 aromatic rings. The number of hydrogen-bond acceptors (Lipinski definition) is 11. The van der Waals surface area contributed by atoms with Crippen molar-refractivity contribution in [1.29, 1.82) is 0 Å². The highest BCUT2D eigenvalue weighted by molar-refractivity contribution is 7.86. The number of nitrogens with zero attached hydrogens (tertiary/aromatic N) is 4. The van der Waals surface area contributed by atoms with Gasteiger partial charge >= 0.3 is 0 Å². The average molecular weight is 995 g/mol. The Kier molecular flexibility index (Phi) is 33.3. The molecule has 0 spiro atoms. The molecule has 0 atom stereocenters. The van der Waals surface area contributed by atoms with Crippen LogP contribution in [0.4, 0.5) is 22.7 Å². The summed E-state index contributed by atoms with van der Waals surface area (Å²) in [5.41, 5.74) is 1.20. The van der Waals surface area contributed by atoms with Crippen molar-refractivity contribution >= 4 is 53.8 Å². The predicted molar refractivity (Wildman–Crippen MR) is 286 cm³/mol. The van der Waals surface area contributed by atoms with Gasteiger partial charge in [-0.25, -0.2) is 0 Å². The van der Waals surface area contributed by atoms with Crippen molar-refractivity contribution in [3.63, 3.8) is 0 Å². The van der Waals surface area contributed by atoms with Gasteiger partial charge in [0, 0.05) is 5.39 Å². The van der Waals surface area contributed by atoms with Gasteiger partial charge in [-0.15, -0.1) is 5.11 Å². The van der Waals surface area contributed by atoms with Crippen LogP contribution < -0.4 is 10.6 Å². The molecule has 15 heteroatoms. The van der Waals surface area contributed by atoms with E-state index in [-0.39, 0.29) is 16.5 Å². The number of unbranched alkanes of at least 4 members (excludes halogenated alkanes) is 20. The van der Waals surface area contributed by atoms with Crippen molar-refractivity contribution in [1.82, 2.24) is 10.6 Å². The zero-order valence-corrected chi connectivity index (χ0v) is 44.0. The van der Waals surface area contributed by atoms with E-state index in [1.807, 2.05) is 18.2 Å². The van der Waals surface area contributed by atoms with E-state index < -0.39 is 35.8 Å². The van der Waals surface area contributed by atoms with Crippen molar-refractivity contribution in [2.75, 3.05) is 26.2 Å². The molecule has 0 radical (unpaired) electrons. The van der Waals surface area contributed by atoms with Crippen LogP contribution in [0.2, 0.25) is 0 Å². The quantitative estimate of drug-likeness (QED) is 0.0171. The standard InChI is InChI=1S/C22H16N4O7S2.2C16H35N/c27-22-20(35(31,32)33)13-14-12-18(34(28,29)30)10-11-19(14)21(22)26-25-17-8-6-16(7-9-17)24-23-15-4-2-1-3-5-15;2*1-3-5-7-9-11-13-15-17-16-14-12-10-8-6-4-2/h1-13,27H,(H,28,29,30)(H,31,32,33);2*17H,3-16H2,1-2H3.